The molecule has 1 aromatic carbocycles. The van der Waals surface area contributed by atoms with E-state index in [-0.39, 0.29) is 36.9 Å². The first-order chi connectivity index (χ1) is 13.8. The molecule has 1 saturated heterocycles. The van der Waals surface area contributed by atoms with E-state index in [9.17, 15) is 18.0 Å². The number of amides is 2. The van der Waals surface area contributed by atoms with Crippen LogP contribution in [0.25, 0.3) is 0 Å². The van der Waals surface area contributed by atoms with Crippen LogP contribution in [0.3, 0.4) is 0 Å². The molecule has 1 unspecified atom stereocenters. The molecule has 1 fully saturated rings. The van der Waals surface area contributed by atoms with E-state index >= 15 is 0 Å². The van der Waals surface area contributed by atoms with Crippen molar-refractivity contribution >= 4 is 21.8 Å². The highest BCUT2D eigenvalue weighted by Gasteiger charge is 2.35. The minimum absolute atomic E-state index is 0.0161. The Bertz CT molecular complexity index is 830. The van der Waals surface area contributed by atoms with E-state index in [0.717, 1.165) is 4.31 Å². The monoisotopic (exact) mass is 431 g/mol. The number of hydrogen-bond acceptors (Lipinski definition) is 8. The summed E-state index contributed by atoms with van der Waals surface area (Å²) in [6, 6.07) is 4.23. The van der Waals surface area contributed by atoms with Gasteiger partial charge in [0, 0.05) is 19.2 Å². The molecule has 1 aromatic rings. The predicted molar refractivity (Wildman–Crippen MR) is 101 cm³/mol. The molecule has 1 atom stereocenters. The molecule has 0 saturated carbocycles. The molecular formula is C17H25N3O8S. The SMILES string of the molecule is COc1ccc(S(=O)(=O)N2CCCOC2CNC(=O)C(=O)NCCO)cc1OC. The lowest BCUT2D eigenvalue weighted by molar-refractivity contribution is -0.140. The molecule has 162 valence electrons. The molecule has 29 heavy (non-hydrogen) atoms. The Morgan fingerprint density at radius 3 is 2.55 bits per heavy atom. The molecule has 0 radical (unpaired) electrons. The Hall–Kier alpha value is -2.41. The van der Waals surface area contributed by atoms with E-state index in [4.69, 9.17) is 19.3 Å². The van der Waals surface area contributed by atoms with Crippen molar-refractivity contribution in [1.82, 2.24) is 14.9 Å². The van der Waals surface area contributed by atoms with Crippen molar-refractivity contribution < 1.29 is 37.3 Å². The summed E-state index contributed by atoms with van der Waals surface area (Å²) >= 11 is 0. The molecule has 1 aliphatic rings. The molecule has 0 bridgehead atoms. The molecule has 1 aliphatic heterocycles. The highest BCUT2D eigenvalue weighted by atomic mass is 32.2. The average molecular weight is 431 g/mol. The third-order valence-electron chi connectivity index (χ3n) is 4.16. The normalized spacial score (nSPS) is 17.4. The number of nitrogens with one attached hydrogen (secondary N) is 2. The summed E-state index contributed by atoms with van der Waals surface area (Å²) in [5, 5.41) is 13.2. The molecule has 0 aliphatic carbocycles. The summed E-state index contributed by atoms with van der Waals surface area (Å²) in [5.41, 5.74) is 0. The van der Waals surface area contributed by atoms with Crippen LogP contribution in [0, 0.1) is 0 Å². The van der Waals surface area contributed by atoms with Crippen molar-refractivity contribution in [2.75, 3.05) is 47.1 Å². The number of ether oxygens (including phenoxy) is 3. The van der Waals surface area contributed by atoms with Crippen molar-refractivity contribution in [2.24, 2.45) is 0 Å². The molecule has 2 rings (SSSR count). The Morgan fingerprint density at radius 2 is 1.90 bits per heavy atom. The maximum absolute atomic E-state index is 13.1. The zero-order chi connectivity index (χ0) is 21.4. The highest BCUT2D eigenvalue weighted by Crippen LogP contribution is 2.31. The fourth-order valence-corrected chi connectivity index (χ4v) is 4.31. The Morgan fingerprint density at radius 1 is 1.21 bits per heavy atom. The first kappa shape index (κ1) is 22.9. The zero-order valence-corrected chi connectivity index (χ0v) is 17.0. The van der Waals surface area contributed by atoms with Crippen LogP contribution in [0.4, 0.5) is 0 Å². The Balaban J connectivity index is 2.15. The number of carbonyl (C=O) groups excluding carboxylic acids is 2. The third-order valence-corrected chi connectivity index (χ3v) is 6.04. The van der Waals surface area contributed by atoms with Crippen LogP contribution in [0.15, 0.2) is 23.1 Å². The second-order valence-electron chi connectivity index (χ2n) is 6.00. The topological polar surface area (TPSA) is 143 Å². The van der Waals surface area contributed by atoms with Crippen LogP contribution >= 0.6 is 0 Å². The molecule has 2 amide bonds. The Kier molecular flexibility index (Phi) is 8.20. The van der Waals surface area contributed by atoms with E-state index in [0.29, 0.717) is 18.8 Å². The number of benzene rings is 1. The van der Waals surface area contributed by atoms with Gasteiger partial charge in [-0.2, -0.15) is 4.31 Å². The number of aliphatic hydroxyl groups is 1. The van der Waals surface area contributed by atoms with Crippen molar-refractivity contribution in [3.63, 3.8) is 0 Å². The minimum Gasteiger partial charge on any atom is -0.493 e. The summed E-state index contributed by atoms with van der Waals surface area (Å²) in [6.45, 7) is -0.0743. The lowest BCUT2D eigenvalue weighted by atomic mass is 10.3. The van der Waals surface area contributed by atoms with Gasteiger partial charge in [0.15, 0.2) is 11.5 Å². The average Bonchev–Trinajstić information content (AvgIpc) is 2.75. The van der Waals surface area contributed by atoms with E-state index in [1.807, 2.05) is 0 Å². The number of hydrogen-bond donors (Lipinski definition) is 3. The van der Waals surface area contributed by atoms with Gasteiger partial charge in [-0.05, 0) is 18.6 Å². The summed E-state index contributed by atoms with van der Waals surface area (Å²) < 4.78 is 43.2. The fraction of sp³-hybridized carbons (Fsp3) is 0.529. The second-order valence-corrected chi connectivity index (χ2v) is 7.89. The van der Waals surface area contributed by atoms with Gasteiger partial charge in [0.2, 0.25) is 10.0 Å². The first-order valence-electron chi connectivity index (χ1n) is 8.87. The number of carbonyl (C=O) groups is 2. The summed E-state index contributed by atoms with van der Waals surface area (Å²) in [5.74, 6) is -1.23. The molecule has 0 aromatic heterocycles. The van der Waals surface area contributed by atoms with E-state index < -0.39 is 28.1 Å². The number of aliphatic hydroxyl groups excluding tert-OH is 1. The van der Waals surface area contributed by atoms with E-state index in [1.165, 1.54) is 32.4 Å². The molecule has 11 nitrogen and oxygen atoms in total. The van der Waals surface area contributed by atoms with Crippen LogP contribution in [-0.2, 0) is 24.3 Å². The maximum Gasteiger partial charge on any atom is 0.309 e. The van der Waals surface area contributed by atoms with Crippen LogP contribution in [0.2, 0.25) is 0 Å². The first-order valence-corrected chi connectivity index (χ1v) is 10.3. The Labute approximate surface area is 169 Å². The smallest absolute Gasteiger partial charge is 0.309 e. The van der Waals surface area contributed by atoms with Gasteiger partial charge in [-0.1, -0.05) is 0 Å². The lowest BCUT2D eigenvalue weighted by Crippen LogP contribution is -2.53. The quantitative estimate of drug-likeness (QED) is 0.430. The largest absolute Gasteiger partial charge is 0.493 e. The van der Waals surface area contributed by atoms with Crippen molar-refractivity contribution in [1.29, 1.82) is 0 Å². The number of nitrogens with zero attached hydrogens (tertiary/aromatic N) is 1. The lowest BCUT2D eigenvalue weighted by Gasteiger charge is -2.34. The van der Waals surface area contributed by atoms with Gasteiger partial charge in [0.25, 0.3) is 0 Å². The van der Waals surface area contributed by atoms with Crippen LogP contribution in [-0.4, -0.2) is 82.9 Å². The summed E-state index contributed by atoms with van der Waals surface area (Å²) in [6.07, 6.45) is -0.495. The minimum atomic E-state index is -3.96. The third kappa shape index (κ3) is 5.56. The standard InChI is InChI=1S/C17H25N3O8S/c1-26-13-5-4-12(10-14(13)27-2)29(24,25)20-7-3-9-28-15(20)11-19-17(23)16(22)18-6-8-21/h4-5,10,15,21H,3,6-9,11H2,1-2H3,(H,18,22)(H,19,23). The van der Waals surface area contributed by atoms with E-state index in [2.05, 4.69) is 10.6 Å². The second kappa shape index (κ2) is 10.4. The van der Waals surface area contributed by atoms with Crippen molar-refractivity contribution in [3.8, 4) is 11.5 Å². The van der Waals surface area contributed by atoms with Crippen molar-refractivity contribution in [2.45, 2.75) is 17.5 Å². The van der Waals surface area contributed by atoms with Crippen LogP contribution in [0.5, 0.6) is 11.5 Å². The number of methoxy groups -OCH3 is 2. The highest BCUT2D eigenvalue weighted by molar-refractivity contribution is 7.89. The van der Waals surface area contributed by atoms with Gasteiger partial charge in [0.05, 0.1) is 38.9 Å². The molecule has 3 N–H and O–H groups in total. The molecular weight excluding hydrogens is 406 g/mol. The fourth-order valence-electron chi connectivity index (χ4n) is 2.72. The maximum atomic E-state index is 13.1. The van der Waals surface area contributed by atoms with Crippen LogP contribution in [0.1, 0.15) is 6.42 Å². The molecule has 12 heteroatoms. The number of sulfonamides is 1. The van der Waals surface area contributed by atoms with Gasteiger partial charge < -0.3 is 30.0 Å². The van der Waals surface area contributed by atoms with Crippen LogP contribution < -0.4 is 20.1 Å². The van der Waals surface area contributed by atoms with Crippen molar-refractivity contribution in [3.05, 3.63) is 18.2 Å². The van der Waals surface area contributed by atoms with Gasteiger partial charge >= 0.3 is 11.8 Å². The predicted octanol–water partition coefficient (Wildman–Crippen LogP) is -1.33. The van der Waals surface area contributed by atoms with E-state index in [1.54, 1.807) is 0 Å². The van der Waals surface area contributed by atoms with Gasteiger partial charge in [-0.3, -0.25) is 9.59 Å². The molecule has 1 heterocycles. The van der Waals surface area contributed by atoms with Gasteiger partial charge in [-0.15, -0.1) is 0 Å². The number of rotatable bonds is 8. The zero-order valence-electron chi connectivity index (χ0n) is 16.2. The summed E-state index contributed by atoms with van der Waals surface area (Å²) in [4.78, 5) is 23.4. The van der Waals surface area contributed by atoms with Gasteiger partial charge in [0.1, 0.15) is 6.23 Å². The van der Waals surface area contributed by atoms with Gasteiger partial charge in [-0.25, -0.2) is 8.42 Å². The summed E-state index contributed by atoms with van der Waals surface area (Å²) in [7, 11) is -1.12. The molecule has 0 spiro atoms.